The second kappa shape index (κ2) is 8.55. The minimum atomic E-state index is -0.172. The van der Waals surface area contributed by atoms with E-state index in [0.29, 0.717) is 13.1 Å². The molecular weight excluding hydrogens is 216 g/mol. The highest BCUT2D eigenvalue weighted by Crippen LogP contribution is 2.06. The number of nitrogens with zero attached hydrogens (tertiary/aromatic N) is 3. The van der Waals surface area contributed by atoms with E-state index in [4.69, 9.17) is 16.3 Å². The van der Waals surface area contributed by atoms with Crippen LogP contribution in [-0.2, 0) is 4.79 Å². The van der Waals surface area contributed by atoms with Crippen LogP contribution in [-0.4, -0.2) is 29.9 Å². The summed E-state index contributed by atoms with van der Waals surface area (Å²) in [5, 5.41) is 17.0. The minimum absolute atomic E-state index is 0.0725. The molecular formula is C12H20N4O. The monoisotopic (exact) mass is 236 g/mol. The van der Waals surface area contributed by atoms with E-state index in [1.54, 1.807) is 4.90 Å². The fourth-order valence-corrected chi connectivity index (χ4v) is 1.30. The molecule has 1 atom stereocenters. The summed E-state index contributed by atoms with van der Waals surface area (Å²) in [6.07, 6.45) is 0.844. The third-order valence-electron chi connectivity index (χ3n) is 2.61. The first kappa shape index (κ1) is 15.4. The van der Waals surface area contributed by atoms with Crippen LogP contribution in [0.5, 0.6) is 0 Å². The molecule has 5 nitrogen and oxygen atoms in total. The van der Waals surface area contributed by atoms with Crippen molar-refractivity contribution >= 4 is 5.91 Å². The number of rotatable bonds is 7. The summed E-state index contributed by atoms with van der Waals surface area (Å²) in [5.41, 5.74) is 5.83. The van der Waals surface area contributed by atoms with Gasteiger partial charge in [0, 0.05) is 25.6 Å². The Bertz CT molecular complexity index is 295. The zero-order valence-corrected chi connectivity index (χ0v) is 10.5. The lowest BCUT2D eigenvalue weighted by Gasteiger charge is -2.23. The fourth-order valence-electron chi connectivity index (χ4n) is 1.30. The molecule has 0 aliphatic rings. The van der Waals surface area contributed by atoms with Crippen molar-refractivity contribution in [2.45, 2.75) is 39.2 Å². The molecule has 17 heavy (non-hydrogen) atoms. The molecule has 5 heteroatoms. The van der Waals surface area contributed by atoms with Gasteiger partial charge < -0.3 is 10.6 Å². The Balaban J connectivity index is 4.32. The van der Waals surface area contributed by atoms with Crippen LogP contribution in [0.4, 0.5) is 0 Å². The van der Waals surface area contributed by atoms with Crippen LogP contribution in [0, 0.1) is 28.6 Å². The lowest BCUT2D eigenvalue weighted by atomic mass is 10.0. The van der Waals surface area contributed by atoms with Crippen LogP contribution >= 0.6 is 0 Å². The summed E-state index contributed by atoms with van der Waals surface area (Å²) in [5.74, 6) is 0.171. The van der Waals surface area contributed by atoms with Gasteiger partial charge in [0.2, 0.25) is 5.91 Å². The van der Waals surface area contributed by atoms with Crippen LogP contribution < -0.4 is 5.73 Å². The zero-order chi connectivity index (χ0) is 13.3. The highest BCUT2D eigenvalue weighted by atomic mass is 16.2. The van der Waals surface area contributed by atoms with Crippen molar-refractivity contribution in [3.05, 3.63) is 0 Å². The summed E-state index contributed by atoms with van der Waals surface area (Å²) < 4.78 is 0. The largest absolute Gasteiger partial charge is 0.341 e. The fraction of sp³-hybridized carbons (Fsp3) is 0.750. The van der Waals surface area contributed by atoms with E-state index in [-0.39, 0.29) is 37.1 Å². The quantitative estimate of drug-likeness (QED) is 0.714. The maximum Gasteiger partial charge on any atom is 0.224 e. The van der Waals surface area contributed by atoms with Gasteiger partial charge in [0.1, 0.15) is 0 Å². The molecule has 0 aliphatic carbocycles. The Hall–Kier alpha value is -1.59. The van der Waals surface area contributed by atoms with Gasteiger partial charge >= 0.3 is 0 Å². The Labute approximate surface area is 103 Å². The van der Waals surface area contributed by atoms with Crippen molar-refractivity contribution in [3.63, 3.8) is 0 Å². The van der Waals surface area contributed by atoms with Crippen LogP contribution in [0.15, 0.2) is 0 Å². The van der Waals surface area contributed by atoms with Gasteiger partial charge in [-0.25, -0.2) is 0 Å². The SMILES string of the molecule is CC(C)C(N)CC(=O)N(CCC#N)CCC#N. The van der Waals surface area contributed by atoms with Gasteiger partial charge in [0.05, 0.1) is 25.0 Å². The van der Waals surface area contributed by atoms with Crippen LogP contribution in [0.25, 0.3) is 0 Å². The third-order valence-corrected chi connectivity index (χ3v) is 2.61. The summed E-state index contributed by atoms with van der Waals surface area (Å²) >= 11 is 0. The molecule has 0 aromatic heterocycles. The van der Waals surface area contributed by atoms with Crippen molar-refractivity contribution < 1.29 is 4.79 Å². The van der Waals surface area contributed by atoms with Crippen molar-refractivity contribution in [2.24, 2.45) is 11.7 Å². The summed E-state index contributed by atoms with van der Waals surface area (Å²) in [6.45, 7) is 4.68. The molecule has 1 amide bonds. The average molecular weight is 236 g/mol. The van der Waals surface area contributed by atoms with Crippen LogP contribution in [0.1, 0.15) is 33.1 Å². The first-order valence-corrected chi connectivity index (χ1v) is 5.80. The molecule has 0 aromatic carbocycles. The topological polar surface area (TPSA) is 93.9 Å². The molecule has 94 valence electrons. The van der Waals surface area contributed by atoms with Gasteiger partial charge in [-0.1, -0.05) is 13.8 Å². The van der Waals surface area contributed by atoms with E-state index < -0.39 is 0 Å². The number of nitrogens with two attached hydrogens (primary N) is 1. The first-order valence-electron chi connectivity index (χ1n) is 5.80. The molecule has 0 saturated heterocycles. The van der Waals surface area contributed by atoms with Gasteiger partial charge in [-0.2, -0.15) is 10.5 Å². The standard InChI is InChI=1S/C12H20N4O/c1-10(2)11(15)9-12(17)16(7-3-5-13)8-4-6-14/h10-11H,3-4,7-9,15H2,1-2H3. The van der Waals surface area contributed by atoms with Crippen LogP contribution in [0.3, 0.4) is 0 Å². The number of hydrogen-bond acceptors (Lipinski definition) is 4. The Kier molecular flexibility index (Phi) is 7.75. The van der Waals surface area contributed by atoms with Gasteiger partial charge in [-0.3, -0.25) is 4.79 Å². The van der Waals surface area contributed by atoms with Crippen molar-refractivity contribution in [2.75, 3.05) is 13.1 Å². The lowest BCUT2D eigenvalue weighted by Crippen LogP contribution is -2.38. The smallest absolute Gasteiger partial charge is 0.224 e. The van der Waals surface area contributed by atoms with Crippen LogP contribution in [0.2, 0.25) is 0 Å². The first-order chi connectivity index (χ1) is 8.02. The number of carbonyl (C=O) groups excluding carboxylic acids is 1. The summed E-state index contributed by atoms with van der Waals surface area (Å²) in [7, 11) is 0. The molecule has 0 fully saturated rings. The number of nitriles is 2. The highest BCUT2D eigenvalue weighted by molar-refractivity contribution is 5.76. The second-order valence-electron chi connectivity index (χ2n) is 4.31. The number of hydrogen-bond donors (Lipinski definition) is 1. The normalized spacial score (nSPS) is 11.6. The van der Waals surface area contributed by atoms with E-state index >= 15 is 0 Å². The molecule has 0 rings (SSSR count). The average Bonchev–Trinajstić information content (AvgIpc) is 2.28. The third kappa shape index (κ3) is 6.55. The molecule has 0 aliphatic heterocycles. The predicted octanol–water partition coefficient (Wildman–Crippen LogP) is 1.02. The Morgan fingerprint density at radius 2 is 1.71 bits per heavy atom. The zero-order valence-electron chi connectivity index (χ0n) is 10.5. The van der Waals surface area contributed by atoms with Crippen molar-refractivity contribution in [1.82, 2.24) is 4.90 Å². The van der Waals surface area contributed by atoms with E-state index in [2.05, 4.69) is 0 Å². The Morgan fingerprint density at radius 3 is 2.06 bits per heavy atom. The Morgan fingerprint density at radius 1 is 1.24 bits per heavy atom. The maximum atomic E-state index is 11.9. The highest BCUT2D eigenvalue weighted by Gasteiger charge is 2.18. The van der Waals surface area contributed by atoms with Crippen molar-refractivity contribution in [3.8, 4) is 12.1 Å². The number of amides is 1. The molecule has 0 bridgehead atoms. The minimum Gasteiger partial charge on any atom is -0.341 e. The molecule has 0 heterocycles. The van der Waals surface area contributed by atoms with E-state index in [1.165, 1.54) is 0 Å². The van der Waals surface area contributed by atoms with Crippen molar-refractivity contribution in [1.29, 1.82) is 10.5 Å². The second-order valence-corrected chi connectivity index (χ2v) is 4.31. The predicted molar refractivity (Wildman–Crippen MR) is 64.5 cm³/mol. The van der Waals surface area contributed by atoms with Gasteiger partial charge in [0.25, 0.3) is 0 Å². The van der Waals surface area contributed by atoms with E-state index in [1.807, 2.05) is 26.0 Å². The van der Waals surface area contributed by atoms with E-state index in [9.17, 15) is 4.79 Å². The molecule has 0 saturated carbocycles. The number of carbonyl (C=O) groups is 1. The molecule has 0 spiro atoms. The summed E-state index contributed by atoms with van der Waals surface area (Å²) in [6, 6.07) is 3.82. The molecule has 1 unspecified atom stereocenters. The summed E-state index contributed by atoms with van der Waals surface area (Å²) in [4.78, 5) is 13.4. The lowest BCUT2D eigenvalue weighted by molar-refractivity contribution is -0.131. The molecule has 2 N–H and O–H groups in total. The molecule has 0 radical (unpaired) electrons. The van der Waals surface area contributed by atoms with Gasteiger partial charge in [0.15, 0.2) is 0 Å². The maximum absolute atomic E-state index is 11.9. The van der Waals surface area contributed by atoms with E-state index in [0.717, 1.165) is 0 Å². The van der Waals surface area contributed by atoms with Gasteiger partial charge in [-0.15, -0.1) is 0 Å². The van der Waals surface area contributed by atoms with Gasteiger partial charge in [-0.05, 0) is 5.92 Å². The molecule has 0 aromatic rings.